The summed E-state index contributed by atoms with van der Waals surface area (Å²) in [5.41, 5.74) is 0.920. The summed E-state index contributed by atoms with van der Waals surface area (Å²) in [7, 11) is 0. The summed E-state index contributed by atoms with van der Waals surface area (Å²) in [6, 6.07) is 1.80. The summed E-state index contributed by atoms with van der Waals surface area (Å²) in [4.78, 5) is 30.0. The van der Waals surface area contributed by atoms with Gasteiger partial charge in [-0.05, 0) is 25.5 Å². The molecule has 0 aromatic carbocycles. The van der Waals surface area contributed by atoms with E-state index < -0.39 is 0 Å². The smallest absolute Gasteiger partial charge is 0.259 e. The van der Waals surface area contributed by atoms with E-state index in [0.717, 1.165) is 15.3 Å². The van der Waals surface area contributed by atoms with Gasteiger partial charge >= 0.3 is 0 Å². The van der Waals surface area contributed by atoms with Crippen molar-refractivity contribution in [1.82, 2.24) is 29.5 Å². The van der Waals surface area contributed by atoms with E-state index in [2.05, 4.69) is 25.0 Å². The van der Waals surface area contributed by atoms with Crippen LogP contribution in [0.4, 0.5) is 0 Å². The van der Waals surface area contributed by atoms with E-state index in [-0.39, 0.29) is 5.56 Å². The summed E-state index contributed by atoms with van der Waals surface area (Å²) in [5.74, 6) is 1.68. The van der Waals surface area contributed by atoms with E-state index in [1.165, 1.54) is 11.8 Å². The Morgan fingerprint density at radius 1 is 1.35 bits per heavy atom. The van der Waals surface area contributed by atoms with Crippen LogP contribution in [0.5, 0.6) is 0 Å². The average molecular weight is 344 g/mol. The van der Waals surface area contributed by atoms with Gasteiger partial charge in [0.05, 0.1) is 11.1 Å². The Morgan fingerprint density at radius 2 is 2.22 bits per heavy atom. The molecule has 1 N–H and O–H groups in total. The molecule has 9 heteroatoms. The maximum Gasteiger partial charge on any atom is 0.259 e. The van der Waals surface area contributed by atoms with Crippen molar-refractivity contribution in [2.45, 2.75) is 24.8 Å². The third-order valence-corrected chi connectivity index (χ3v) is 5.47. The van der Waals surface area contributed by atoms with Crippen molar-refractivity contribution in [3.63, 3.8) is 0 Å². The van der Waals surface area contributed by atoms with Gasteiger partial charge in [-0.3, -0.25) is 4.79 Å². The Hall–Kier alpha value is -2.26. The SMILES string of the molecule is Cc1sc2nc(CSc3nc4ncccn4n3)[nH]c(=O)c2c1C. The molecule has 0 aliphatic carbocycles. The molecule has 0 fully saturated rings. The molecule has 0 amide bonds. The minimum absolute atomic E-state index is 0.0860. The molecule has 4 rings (SSSR count). The van der Waals surface area contributed by atoms with Crippen LogP contribution >= 0.6 is 23.1 Å². The van der Waals surface area contributed by atoms with Gasteiger partial charge in [0.15, 0.2) is 0 Å². The van der Waals surface area contributed by atoms with Gasteiger partial charge in [-0.1, -0.05) is 11.8 Å². The number of nitrogens with one attached hydrogen (secondary N) is 1. The lowest BCUT2D eigenvalue weighted by Crippen LogP contribution is -2.10. The lowest BCUT2D eigenvalue weighted by molar-refractivity contribution is 0.878. The first-order valence-corrected chi connectivity index (χ1v) is 8.71. The van der Waals surface area contributed by atoms with Gasteiger partial charge < -0.3 is 4.98 Å². The molecular formula is C14H12N6OS2. The number of rotatable bonds is 3. The number of thioether (sulfide) groups is 1. The molecule has 0 aliphatic heterocycles. The zero-order valence-corrected chi connectivity index (χ0v) is 14.0. The van der Waals surface area contributed by atoms with Gasteiger partial charge in [-0.2, -0.15) is 4.98 Å². The van der Waals surface area contributed by atoms with E-state index in [1.807, 2.05) is 13.8 Å². The van der Waals surface area contributed by atoms with Gasteiger partial charge in [0.25, 0.3) is 11.3 Å². The summed E-state index contributed by atoms with van der Waals surface area (Å²) >= 11 is 2.96. The van der Waals surface area contributed by atoms with Gasteiger partial charge in [0.1, 0.15) is 10.7 Å². The number of nitrogens with zero attached hydrogens (tertiary/aromatic N) is 5. The van der Waals surface area contributed by atoms with E-state index in [9.17, 15) is 4.79 Å². The second-order valence-electron chi connectivity index (χ2n) is 5.02. The van der Waals surface area contributed by atoms with E-state index in [1.54, 1.807) is 34.3 Å². The zero-order chi connectivity index (χ0) is 16.0. The fourth-order valence-electron chi connectivity index (χ4n) is 2.28. The number of H-pyrrole nitrogens is 1. The molecule has 23 heavy (non-hydrogen) atoms. The molecule has 4 aromatic heterocycles. The average Bonchev–Trinajstić information content (AvgIpc) is 3.06. The predicted octanol–water partition coefficient (Wildman–Crippen LogP) is 2.33. The highest BCUT2D eigenvalue weighted by Crippen LogP contribution is 2.26. The van der Waals surface area contributed by atoms with Gasteiger partial charge in [0.2, 0.25) is 5.16 Å². The first-order valence-electron chi connectivity index (χ1n) is 6.91. The topological polar surface area (TPSA) is 88.8 Å². The van der Waals surface area contributed by atoms with Gasteiger partial charge in [-0.25, -0.2) is 14.5 Å². The first-order chi connectivity index (χ1) is 11.1. The summed E-state index contributed by atoms with van der Waals surface area (Å²) in [6.07, 6.45) is 3.47. The number of aromatic nitrogens is 6. The van der Waals surface area contributed by atoms with Crippen LogP contribution in [0.3, 0.4) is 0 Å². The molecule has 4 heterocycles. The Kier molecular flexibility index (Phi) is 3.38. The minimum Gasteiger partial charge on any atom is -0.309 e. The quantitative estimate of drug-likeness (QED) is 0.574. The number of thiophene rings is 1. The predicted molar refractivity (Wildman–Crippen MR) is 90.1 cm³/mol. The highest BCUT2D eigenvalue weighted by atomic mass is 32.2. The Balaban J connectivity index is 1.63. The third-order valence-electron chi connectivity index (χ3n) is 3.52. The molecule has 0 bridgehead atoms. The molecule has 116 valence electrons. The highest BCUT2D eigenvalue weighted by Gasteiger charge is 2.12. The fraction of sp³-hybridized carbons (Fsp3) is 0.214. The third kappa shape index (κ3) is 2.51. The van der Waals surface area contributed by atoms with E-state index in [4.69, 9.17) is 0 Å². The lowest BCUT2D eigenvalue weighted by Gasteiger charge is -1.98. The van der Waals surface area contributed by atoms with Crippen LogP contribution in [0, 0.1) is 13.8 Å². The second-order valence-corrected chi connectivity index (χ2v) is 7.17. The maximum atomic E-state index is 12.2. The van der Waals surface area contributed by atoms with Gasteiger partial charge in [-0.15, -0.1) is 16.4 Å². The van der Waals surface area contributed by atoms with Crippen LogP contribution in [-0.2, 0) is 5.75 Å². The Labute approximate surface area is 138 Å². The number of hydrogen-bond acceptors (Lipinski definition) is 7. The molecule has 7 nitrogen and oxygen atoms in total. The number of aryl methyl sites for hydroxylation is 2. The number of aromatic amines is 1. The minimum atomic E-state index is -0.0860. The van der Waals surface area contributed by atoms with Gasteiger partial charge in [0, 0.05) is 17.3 Å². The van der Waals surface area contributed by atoms with E-state index in [0.29, 0.717) is 27.9 Å². The maximum absolute atomic E-state index is 12.2. The molecule has 0 radical (unpaired) electrons. The molecule has 0 atom stereocenters. The monoisotopic (exact) mass is 344 g/mol. The van der Waals surface area contributed by atoms with Crippen LogP contribution in [0.15, 0.2) is 28.4 Å². The summed E-state index contributed by atoms with van der Waals surface area (Å²) < 4.78 is 1.62. The molecule has 0 saturated heterocycles. The zero-order valence-electron chi connectivity index (χ0n) is 12.4. The molecule has 0 spiro atoms. The fourth-order valence-corrected chi connectivity index (χ4v) is 4.02. The standard InChI is InChI=1S/C14H12N6OS2/c1-7-8(2)23-12-10(7)11(21)16-9(17-12)6-22-14-18-13-15-4-3-5-20(13)19-14/h3-5H,6H2,1-2H3,(H,16,17,21). The molecular weight excluding hydrogens is 332 g/mol. The Morgan fingerprint density at radius 3 is 3.04 bits per heavy atom. The van der Waals surface area contributed by atoms with Crippen LogP contribution in [0.25, 0.3) is 16.0 Å². The lowest BCUT2D eigenvalue weighted by atomic mass is 10.2. The second kappa shape index (κ2) is 5.43. The molecule has 0 aliphatic rings. The largest absolute Gasteiger partial charge is 0.309 e. The van der Waals surface area contributed by atoms with Crippen molar-refractivity contribution in [2.75, 3.05) is 0 Å². The van der Waals surface area contributed by atoms with Crippen LogP contribution < -0.4 is 5.56 Å². The number of hydrogen-bond donors (Lipinski definition) is 1. The first kappa shape index (κ1) is 14.3. The van der Waals surface area contributed by atoms with Crippen LogP contribution in [-0.4, -0.2) is 29.5 Å². The van der Waals surface area contributed by atoms with Crippen molar-refractivity contribution in [2.24, 2.45) is 0 Å². The molecule has 4 aromatic rings. The number of fused-ring (bicyclic) bond motifs is 2. The summed E-state index contributed by atoms with van der Waals surface area (Å²) in [6.45, 7) is 3.95. The van der Waals surface area contributed by atoms with E-state index >= 15 is 0 Å². The molecule has 0 unspecified atom stereocenters. The van der Waals surface area contributed by atoms with Crippen LogP contribution in [0.1, 0.15) is 16.3 Å². The van der Waals surface area contributed by atoms with Crippen molar-refractivity contribution < 1.29 is 0 Å². The van der Waals surface area contributed by atoms with Crippen molar-refractivity contribution >= 4 is 39.1 Å². The normalized spacial score (nSPS) is 11.6. The van der Waals surface area contributed by atoms with Crippen molar-refractivity contribution in [1.29, 1.82) is 0 Å². The molecule has 0 saturated carbocycles. The van der Waals surface area contributed by atoms with Crippen molar-refractivity contribution in [3.05, 3.63) is 45.1 Å². The van der Waals surface area contributed by atoms with Crippen LogP contribution in [0.2, 0.25) is 0 Å². The Bertz CT molecular complexity index is 1050. The highest BCUT2D eigenvalue weighted by molar-refractivity contribution is 7.98. The summed E-state index contributed by atoms with van der Waals surface area (Å²) in [5, 5.41) is 5.61. The van der Waals surface area contributed by atoms with Crippen molar-refractivity contribution in [3.8, 4) is 0 Å².